The number of hydrogen-bond donors (Lipinski definition) is 0. The average molecular weight is 239 g/mol. The molecule has 0 amide bonds. The molecule has 0 aliphatic rings. The zero-order chi connectivity index (χ0) is 12.6. The van der Waals surface area contributed by atoms with Crippen molar-refractivity contribution >= 4 is 0 Å². The van der Waals surface area contributed by atoms with Gasteiger partial charge in [0.05, 0.1) is 0 Å². The summed E-state index contributed by atoms with van der Waals surface area (Å²) < 4.78 is 0. The molecule has 0 unspecified atom stereocenters. The van der Waals surface area contributed by atoms with Gasteiger partial charge in [0.2, 0.25) is 0 Å². The summed E-state index contributed by atoms with van der Waals surface area (Å²) in [4.78, 5) is 0. The van der Waals surface area contributed by atoms with Crippen LogP contribution in [-0.4, -0.2) is 0 Å². The van der Waals surface area contributed by atoms with Crippen LogP contribution in [0.4, 0.5) is 0 Å². The first kappa shape index (κ1) is 16.5. The Labute approximate surface area is 108 Å². The lowest BCUT2D eigenvalue weighted by molar-refractivity contribution is 0.349. The third-order valence-corrected chi connectivity index (χ3v) is 3.32. The molecule has 0 atom stereocenters. The summed E-state index contributed by atoms with van der Waals surface area (Å²) in [6.07, 6.45) is 20.2. The molecule has 0 aromatic rings. The Morgan fingerprint density at radius 2 is 1.06 bits per heavy atom. The molecule has 0 aliphatic heterocycles. The van der Waals surface area contributed by atoms with Crippen molar-refractivity contribution in [3.8, 4) is 0 Å². The number of hydrogen-bond acceptors (Lipinski definition) is 0. The Balaban J connectivity index is 2.89. The fourth-order valence-corrected chi connectivity index (χ4v) is 2.17. The molecule has 1 nitrogen and oxygen atoms in total. The van der Waals surface area contributed by atoms with E-state index in [0.717, 1.165) is 12.7 Å². The van der Waals surface area contributed by atoms with E-state index >= 15 is 0 Å². The Bertz CT molecular complexity index is 152. The second-order valence-electron chi connectivity index (χ2n) is 5.05. The lowest BCUT2D eigenvalue weighted by Crippen LogP contribution is -1.82. The Kier molecular flexibility index (Phi) is 15.1. The number of allylic oxidation sites excluding steroid dienone is 1. The molecule has 0 saturated heterocycles. The van der Waals surface area contributed by atoms with Crippen molar-refractivity contribution in [1.29, 1.82) is 0 Å². The first-order valence-electron chi connectivity index (χ1n) is 7.68. The molecule has 0 heterocycles. The predicted octanol–water partition coefficient (Wildman–Crippen LogP) is 6.02. The minimum atomic E-state index is 0.915. The minimum absolute atomic E-state index is 0.915. The lowest BCUT2D eigenvalue weighted by Gasteiger charge is -2.02. The molecular weight excluding hydrogens is 208 g/mol. The zero-order valence-electron chi connectivity index (χ0n) is 11.8. The van der Waals surface area contributed by atoms with Crippen LogP contribution >= 0.6 is 0 Å². The fraction of sp³-hybridized carbons (Fsp3) is 0.875. The highest BCUT2D eigenvalue weighted by Crippen LogP contribution is 2.12. The van der Waals surface area contributed by atoms with Crippen molar-refractivity contribution in [3.05, 3.63) is 12.3 Å². The van der Waals surface area contributed by atoms with Crippen molar-refractivity contribution in [3.63, 3.8) is 0 Å². The molecule has 0 rings (SSSR count). The Morgan fingerprint density at radius 3 is 1.47 bits per heavy atom. The zero-order valence-corrected chi connectivity index (χ0v) is 11.8. The molecule has 0 saturated carbocycles. The van der Waals surface area contributed by atoms with Gasteiger partial charge >= 0.3 is 0 Å². The maximum atomic E-state index is 10.1. The fourth-order valence-electron chi connectivity index (χ4n) is 2.17. The molecular formula is C16H31O. The van der Waals surface area contributed by atoms with E-state index in [-0.39, 0.29) is 0 Å². The third-order valence-electron chi connectivity index (χ3n) is 3.32. The van der Waals surface area contributed by atoms with Gasteiger partial charge in [-0.2, -0.15) is 0 Å². The summed E-state index contributed by atoms with van der Waals surface area (Å²) in [5.74, 6) is 0. The quantitative estimate of drug-likeness (QED) is 0.276. The van der Waals surface area contributed by atoms with Crippen LogP contribution in [0.5, 0.6) is 0 Å². The van der Waals surface area contributed by atoms with Gasteiger partial charge in [-0.1, -0.05) is 77.6 Å². The first-order chi connectivity index (χ1) is 8.41. The van der Waals surface area contributed by atoms with Crippen molar-refractivity contribution in [2.45, 2.75) is 90.4 Å². The van der Waals surface area contributed by atoms with Gasteiger partial charge in [0, 0.05) is 0 Å². The first-order valence-corrected chi connectivity index (χ1v) is 7.68. The molecule has 1 radical (unpaired) electrons. The minimum Gasteiger partial charge on any atom is -0.299 e. The van der Waals surface area contributed by atoms with Crippen LogP contribution in [-0.2, 0) is 5.11 Å². The molecule has 101 valence electrons. The van der Waals surface area contributed by atoms with Crippen molar-refractivity contribution in [2.24, 2.45) is 0 Å². The SMILES string of the molecule is CCCCCCCCCCCCCCC=C[O]. The van der Waals surface area contributed by atoms with E-state index < -0.39 is 0 Å². The number of rotatable bonds is 13. The van der Waals surface area contributed by atoms with Crippen LogP contribution in [0.1, 0.15) is 90.4 Å². The van der Waals surface area contributed by atoms with Gasteiger partial charge in [0.15, 0.2) is 0 Å². The standard InChI is InChI=1S/C16H31O/c1-2-3-4-5-6-7-8-9-10-11-12-13-14-15-16-17/h15-16H,2-14H2,1H3. The topological polar surface area (TPSA) is 19.9 Å². The molecule has 1 heteroatoms. The van der Waals surface area contributed by atoms with Gasteiger partial charge in [0.1, 0.15) is 6.26 Å². The van der Waals surface area contributed by atoms with Gasteiger partial charge in [-0.15, -0.1) is 0 Å². The highest BCUT2D eigenvalue weighted by atomic mass is 16.2. The lowest BCUT2D eigenvalue weighted by atomic mass is 10.0. The summed E-state index contributed by atoms with van der Waals surface area (Å²) in [5, 5.41) is 10.1. The summed E-state index contributed by atoms with van der Waals surface area (Å²) >= 11 is 0. The van der Waals surface area contributed by atoms with Crippen LogP contribution in [0.3, 0.4) is 0 Å². The summed E-state index contributed by atoms with van der Waals surface area (Å²) in [6, 6.07) is 0. The van der Waals surface area contributed by atoms with Gasteiger partial charge in [-0.3, -0.25) is 5.11 Å². The molecule has 0 N–H and O–H groups in total. The normalized spacial score (nSPS) is 11.4. The highest BCUT2D eigenvalue weighted by Gasteiger charge is 1.92. The van der Waals surface area contributed by atoms with Crippen LogP contribution < -0.4 is 0 Å². The summed E-state index contributed by atoms with van der Waals surface area (Å²) in [5.41, 5.74) is 0. The van der Waals surface area contributed by atoms with Gasteiger partial charge in [0.25, 0.3) is 0 Å². The van der Waals surface area contributed by atoms with Gasteiger partial charge < -0.3 is 0 Å². The van der Waals surface area contributed by atoms with E-state index in [4.69, 9.17) is 0 Å². The smallest absolute Gasteiger partial charge is 0.138 e. The highest BCUT2D eigenvalue weighted by molar-refractivity contribution is 4.70. The Hall–Kier alpha value is -0.460. The van der Waals surface area contributed by atoms with E-state index in [1.807, 2.05) is 0 Å². The molecule has 17 heavy (non-hydrogen) atoms. The molecule has 0 aromatic carbocycles. The van der Waals surface area contributed by atoms with E-state index in [9.17, 15) is 5.11 Å². The van der Waals surface area contributed by atoms with Crippen molar-refractivity contribution < 1.29 is 5.11 Å². The molecule has 0 aliphatic carbocycles. The van der Waals surface area contributed by atoms with Crippen molar-refractivity contribution in [2.75, 3.05) is 0 Å². The molecule has 0 fully saturated rings. The average Bonchev–Trinajstić information content (AvgIpc) is 2.35. The van der Waals surface area contributed by atoms with Crippen molar-refractivity contribution in [1.82, 2.24) is 0 Å². The second kappa shape index (κ2) is 15.5. The van der Waals surface area contributed by atoms with E-state index in [2.05, 4.69) is 6.92 Å². The Morgan fingerprint density at radius 1 is 0.647 bits per heavy atom. The van der Waals surface area contributed by atoms with Gasteiger partial charge in [-0.25, -0.2) is 0 Å². The molecule has 0 bridgehead atoms. The third kappa shape index (κ3) is 15.5. The van der Waals surface area contributed by atoms with E-state index in [1.54, 1.807) is 6.08 Å². The maximum Gasteiger partial charge on any atom is 0.138 e. The maximum absolute atomic E-state index is 10.1. The molecule has 0 aromatic heterocycles. The monoisotopic (exact) mass is 239 g/mol. The largest absolute Gasteiger partial charge is 0.299 e. The van der Waals surface area contributed by atoms with Crippen LogP contribution in [0.2, 0.25) is 0 Å². The van der Waals surface area contributed by atoms with E-state index in [1.165, 1.54) is 77.0 Å². The predicted molar refractivity (Wildman–Crippen MR) is 75.5 cm³/mol. The van der Waals surface area contributed by atoms with Gasteiger partial charge in [-0.05, 0) is 18.9 Å². The van der Waals surface area contributed by atoms with Crippen LogP contribution in [0, 0.1) is 0 Å². The van der Waals surface area contributed by atoms with E-state index in [0.29, 0.717) is 0 Å². The second-order valence-corrected chi connectivity index (χ2v) is 5.05. The van der Waals surface area contributed by atoms with Crippen LogP contribution in [0.25, 0.3) is 0 Å². The van der Waals surface area contributed by atoms with Crippen LogP contribution in [0.15, 0.2) is 12.3 Å². The number of unbranched alkanes of at least 4 members (excludes halogenated alkanes) is 12. The summed E-state index contributed by atoms with van der Waals surface area (Å²) in [7, 11) is 0. The summed E-state index contributed by atoms with van der Waals surface area (Å²) in [6.45, 7) is 2.27. The molecule has 0 spiro atoms.